The van der Waals surface area contributed by atoms with Crippen LogP contribution in [0.3, 0.4) is 0 Å². The zero-order valence-electron chi connectivity index (χ0n) is 12.7. The Morgan fingerprint density at radius 2 is 2.00 bits per heavy atom. The van der Waals surface area contributed by atoms with Crippen molar-refractivity contribution in [3.8, 4) is 11.1 Å². The van der Waals surface area contributed by atoms with E-state index in [-0.39, 0.29) is 0 Å². The highest BCUT2D eigenvalue weighted by atomic mass is 35.5. The normalized spacial score (nSPS) is 14.8. The summed E-state index contributed by atoms with van der Waals surface area (Å²) in [7, 11) is 0. The van der Waals surface area contributed by atoms with E-state index < -0.39 is 0 Å². The third-order valence-corrected chi connectivity index (χ3v) is 5.06. The lowest BCUT2D eigenvalue weighted by Crippen LogP contribution is -2.17. The van der Waals surface area contributed by atoms with Crippen molar-refractivity contribution >= 4 is 22.5 Å². The number of halogens is 1. The molecule has 0 unspecified atom stereocenters. The van der Waals surface area contributed by atoms with E-state index in [1.165, 1.54) is 22.2 Å². The van der Waals surface area contributed by atoms with Gasteiger partial charge in [-0.05, 0) is 35.6 Å². The molecule has 0 amide bonds. The number of benzene rings is 2. The predicted molar refractivity (Wildman–Crippen MR) is 93.7 cm³/mol. The molecule has 22 heavy (non-hydrogen) atoms. The van der Waals surface area contributed by atoms with Crippen molar-refractivity contribution in [1.82, 2.24) is 9.88 Å². The smallest absolute Gasteiger partial charge is 0.0513 e. The summed E-state index contributed by atoms with van der Waals surface area (Å²) in [5.74, 6) is 0. The minimum Gasteiger partial charge on any atom is -0.343 e. The first-order valence-corrected chi connectivity index (χ1v) is 8.20. The quantitative estimate of drug-likeness (QED) is 0.704. The van der Waals surface area contributed by atoms with Gasteiger partial charge in [-0.1, -0.05) is 41.9 Å². The van der Waals surface area contributed by atoms with Crippen LogP contribution in [-0.4, -0.2) is 17.7 Å². The van der Waals surface area contributed by atoms with Crippen LogP contribution in [0.1, 0.15) is 11.3 Å². The zero-order valence-corrected chi connectivity index (χ0v) is 13.5. The first-order chi connectivity index (χ1) is 10.7. The lowest BCUT2D eigenvalue weighted by Gasteiger charge is -2.10. The Bertz CT molecular complexity index is 848. The van der Waals surface area contributed by atoms with Crippen LogP contribution in [-0.2, 0) is 13.0 Å². The Morgan fingerprint density at radius 3 is 2.91 bits per heavy atom. The minimum absolute atomic E-state index is 0.853. The molecule has 1 N–H and O–H groups in total. The van der Waals surface area contributed by atoms with Crippen LogP contribution in [0.5, 0.6) is 0 Å². The van der Waals surface area contributed by atoms with Crippen molar-refractivity contribution in [2.45, 2.75) is 19.9 Å². The van der Waals surface area contributed by atoms with Gasteiger partial charge >= 0.3 is 0 Å². The molecule has 0 aliphatic carbocycles. The summed E-state index contributed by atoms with van der Waals surface area (Å²) in [5, 5.41) is 5.64. The standard InChI is InChI=1S/C19H19ClN2/c1-13-3-2-4-17(19(13)20)14-5-6-15-11-16-7-8-21-9-10-22(16)18(15)12-14/h2-6,11-12,21H,7-10H2,1H3. The number of hydrogen-bond acceptors (Lipinski definition) is 1. The van der Waals surface area contributed by atoms with Gasteiger partial charge in [-0.3, -0.25) is 0 Å². The van der Waals surface area contributed by atoms with Crippen molar-refractivity contribution in [2.75, 3.05) is 13.1 Å². The largest absolute Gasteiger partial charge is 0.343 e. The summed E-state index contributed by atoms with van der Waals surface area (Å²) in [6.45, 7) is 5.18. The molecule has 4 rings (SSSR count). The molecule has 2 nitrogen and oxygen atoms in total. The van der Waals surface area contributed by atoms with E-state index >= 15 is 0 Å². The maximum Gasteiger partial charge on any atom is 0.0513 e. The predicted octanol–water partition coefficient (Wildman–Crippen LogP) is 4.42. The molecule has 3 heteroatoms. The Labute approximate surface area is 135 Å². The van der Waals surface area contributed by atoms with Gasteiger partial charge in [-0.2, -0.15) is 0 Å². The summed E-state index contributed by atoms with van der Waals surface area (Å²) >= 11 is 6.51. The zero-order chi connectivity index (χ0) is 15.1. The summed E-state index contributed by atoms with van der Waals surface area (Å²) in [6.07, 6.45) is 1.09. The molecule has 0 fully saturated rings. The minimum atomic E-state index is 0.853. The maximum absolute atomic E-state index is 6.51. The lowest BCUT2D eigenvalue weighted by atomic mass is 10.0. The first-order valence-electron chi connectivity index (χ1n) is 7.82. The van der Waals surface area contributed by atoms with Crippen LogP contribution in [0, 0.1) is 6.92 Å². The molecule has 0 saturated heterocycles. The van der Waals surface area contributed by atoms with E-state index in [1.807, 2.05) is 0 Å². The Morgan fingerprint density at radius 1 is 1.09 bits per heavy atom. The number of aryl methyl sites for hydroxylation is 1. The van der Waals surface area contributed by atoms with Crippen LogP contribution in [0.2, 0.25) is 5.02 Å². The Kier molecular flexibility index (Phi) is 3.44. The molecule has 1 aliphatic heterocycles. The van der Waals surface area contributed by atoms with Crippen LogP contribution in [0.15, 0.2) is 42.5 Å². The van der Waals surface area contributed by atoms with E-state index in [9.17, 15) is 0 Å². The van der Waals surface area contributed by atoms with E-state index in [1.54, 1.807) is 0 Å². The molecular formula is C19H19ClN2. The van der Waals surface area contributed by atoms with Crippen LogP contribution >= 0.6 is 11.6 Å². The second-order valence-electron chi connectivity index (χ2n) is 6.00. The average Bonchev–Trinajstić information content (AvgIpc) is 2.71. The maximum atomic E-state index is 6.51. The third kappa shape index (κ3) is 2.23. The molecule has 0 bridgehead atoms. The van der Waals surface area contributed by atoms with Crippen molar-refractivity contribution in [2.24, 2.45) is 0 Å². The van der Waals surface area contributed by atoms with Gasteiger partial charge in [0.15, 0.2) is 0 Å². The molecule has 2 aromatic carbocycles. The fourth-order valence-corrected chi connectivity index (χ4v) is 3.59. The molecule has 2 heterocycles. The SMILES string of the molecule is Cc1cccc(-c2ccc3cc4n(c3c2)CCNCC4)c1Cl. The highest BCUT2D eigenvalue weighted by Gasteiger charge is 2.13. The van der Waals surface area contributed by atoms with Crippen LogP contribution in [0.4, 0.5) is 0 Å². The molecule has 0 spiro atoms. The van der Waals surface area contributed by atoms with Gasteiger partial charge in [0.05, 0.1) is 5.02 Å². The van der Waals surface area contributed by atoms with Crippen molar-refractivity contribution in [3.05, 3.63) is 58.7 Å². The molecule has 1 aromatic heterocycles. The summed E-state index contributed by atoms with van der Waals surface area (Å²) in [5.41, 5.74) is 6.17. The van der Waals surface area contributed by atoms with Gasteiger partial charge in [0.25, 0.3) is 0 Å². The second-order valence-corrected chi connectivity index (χ2v) is 6.38. The van der Waals surface area contributed by atoms with Crippen LogP contribution < -0.4 is 5.32 Å². The Hall–Kier alpha value is -1.77. The van der Waals surface area contributed by atoms with E-state index in [2.05, 4.69) is 59.3 Å². The topological polar surface area (TPSA) is 17.0 Å². The fourth-order valence-electron chi connectivity index (χ4n) is 3.35. The van der Waals surface area contributed by atoms with Gasteiger partial charge < -0.3 is 9.88 Å². The number of fused-ring (bicyclic) bond motifs is 3. The monoisotopic (exact) mass is 310 g/mol. The number of aromatic nitrogens is 1. The van der Waals surface area contributed by atoms with E-state index in [4.69, 9.17) is 11.6 Å². The molecule has 112 valence electrons. The molecule has 1 aliphatic rings. The van der Waals surface area contributed by atoms with Gasteiger partial charge in [0.1, 0.15) is 0 Å². The molecule has 3 aromatic rings. The highest BCUT2D eigenvalue weighted by Crippen LogP contribution is 2.33. The number of hydrogen-bond donors (Lipinski definition) is 1. The lowest BCUT2D eigenvalue weighted by molar-refractivity contribution is 0.658. The van der Waals surface area contributed by atoms with E-state index in [0.717, 1.165) is 42.2 Å². The van der Waals surface area contributed by atoms with Crippen molar-refractivity contribution < 1.29 is 0 Å². The Balaban J connectivity index is 1.90. The molecule has 0 atom stereocenters. The van der Waals surface area contributed by atoms with Gasteiger partial charge in [0.2, 0.25) is 0 Å². The van der Waals surface area contributed by atoms with Crippen LogP contribution in [0.25, 0.3) is 22.0 Å². The second kappa shape index (κ2) is 5.45. The molecule has 0 radical (unpaired) electrons. The average molecular weight is 311 g/mol. The van der Waals surface area contributed by atoms with Crippen molar-refractivity contribution in [3.63, 3.8) is 0 Å². The van der Waals surface area contributed by atoms with E-state index in [0.29, 0.717) is 0 Å². The van der Waals surface area contributed by atoms with Crippen molar-refractivity contribution in [1.29, 1.82) is 0 Å². The number of nitrogens with zero attached hydrogens (tertiary/aromatic N) is 1. The fraction of sp³-hybridized carbons (Fsp3) is 0.263. The number of rotatable bonds is 1. The summed E-state index contributed by atoms with van der Waals surface area (Å²) < 4.78 is 2.45. The highest BCUT2D eigenvalue weighted by molar-refractivity contribution is 6.34. The first kappa shape index (κ1) is 13.9. The van der Waals surface area contributed by atoms with Gasteiger partial charge in [-0.15, -0.1) is 0 Å². The summed E-state index contributed by atoms with van der Waals surface area (Å²) in [4.78, 5) is 0. The third-order valence-electron chi connectivity index (χ3n) is 4.56. The number of nitrogens with one attached hydrogen (secondary N) is 1. The molecule has 0 saturated carbocycles. The molecular weight excluding hydrogens is 292 g/mol. The summed E-state index contributed by atoms with van der Waals surface area (Å²) in [6, 6.07) is 15.2. The van der Waals surface area contributed by atoms with Gasteiger partial charge in [0, 0.05) is 42.8 Å². The van der Waals surface area contributed by atoms with Gasteiger partial charge in [-0.25, -0.2) is 0 Å².